The number of amides is 2. The van der Waals surface area contributed by atoms with Crippen LogP contribution in [0.4, 0.5) is 5.69 Å². The Morgan fingerprint density at radius 1 is 0.889 bits per heavy atom. The highest BCUT2D eigenvalue weighted by Gasteiger charge is 2.27. The van der Waals surface area contributed by atoms with Gasteiger partial charge in [-0.3, -0.25) is 14.4 Å². The average Bonchev–Trinajstić information content (AvgIpc) is 2.90. The molecule has 36 heavy (non-hydrogen) atoms. The van der Waals surface area contributed by atoms with E-state index in [4.69, 9.17) is 4.74 Å². The SMILES string of the molecule is CCNC(=O)c1cn(Cc2ccccc2)cc(C(=O)N2CCN(c3ccccc3OCC)CC2)c1=O. The molecule has 8 nitrogen and oxygen atoms in total. The predicted molar refractivity (Wildman–Crippen MR) is 140 cm³/mol. The predicted octanol–water partition coefficient (Wildman–Crippen LogP) is 3.01. The molecule has 2 amide bonds. The van der Waals surface area contributed by atoms with Crippen LogP contribution in [0.5, 0.6) is 5.75 Å². The number of hydrogen-bond donors (Lipinski definition) is 1. The highest BCUT2D eigenvalue weighted by Crippen LogP contribution is 2.29. The van der Waals surface area contributed by atoms with E-state index >= 15 is 0 Å². The Morgan fingerprint density at radius 2 is 1.56 bits per heavy atom. The second-order valence-electron chi connectivity index (χ2n) is 8.61. The number of carbonyl (C=O) groups excluding carboxylic acids is 2. The summed E-state index contributed by atoms with van der Waals surface area (Å²) in [6.45, 7) is 7.30. The van der Waals surface area contributed by atoms with Gasteiger partial charge in [-0.25, -0.2) is 0 Å². The van der Waals surface area contributed by atoms with Crippen LogP contribution in [0.3, 0.4) is 0 Å². The van der Waals surface area contributed by atoms with Crippen molar-refractivity contribution < 1.29 is 14.3 Å². The largest absolute Gasteiger partial charge is 0.492 e. The lowest BCUT2D eigenvalue weighted by Gasteiger charge is -2.36. The minimum absolute atomic E-state index is 0.0119. The van der Waals surface area contributed by atoms with Crippen molar-refractivity contribution >= 4 is 17.5 Å². The minimum Gasteiger partial charge on any atom is -0.492 e. The van der Waals surface area contributed by atoms with E-state index in [9.17, 15) is 14.4 Å². The number of benzene rings is 2. The maximum atomic E-state index is 13.5. The molecule has 4 rings (SSSR count). The molecule has 3 aromatic rings. The van der Waals surface area contributed by atoms with Crippen molar-refractivity contribution in [3.63, 3.8) is 0 Å². The lowest BCUT2D eigenvalue weighted by atomic mass is 10.1. The number of para-hydroxylation sites is 2. The first-order valence-corrected chi connectivity index (χ1v) is 12.3. The number of carbonyl (C=O) groups is 2. The van der Waals surface area contributed by atoms with Crippen LogP contribution in [-0.2, 0) is 6.54 Å². The van der Waals surface area contributed by atoms with Gasteiger partial charge in [-0.1, -0.05) is 42.5 Å². The molecule has 1 aromatic heterocycles. The van der Waals surface area contributed by atoms with E-state index in [1.807, 2.05) is 61.5 Å². The Hall–Kier alpha value is -4.07. The first-order chi connectivity index (χ1) is 17.5. The van der Waals surface area contributed by atoms with Gasteiger partial charge in [0.05, 0.1) is 12.3 Å². The number of nitrogens with one attached hydrogen (secondary N) is 1. The summed E-state index contributed by atoms with van der Waals surface area (Å²) >= 11 is 0. The van der Waals surface area contributed by atoms with Crippen molar-refractivity contribution in [1.29, 1.82) is 0 Å². The summed E-state index contributed by atoms with van der Waals surface area (Å²) in [5.74, 6) is -0.0137. The standard InChI is InChI=1S/C28H32N4O4/c1-3-29-27(34)22-19-30(18-21-10-6-5-7-11-21)20-23(26(22)33)28(35)32-16-14-31(15-17-32)24-12-8-9-13-25(24)36-4-2/h5-13,19-20H,3-4,14-18H2,1-2H3,(H,29,34). The Kier molecular flexibility index (Phi) is 8.05. The second kappa shape index (κ2) is 11.6. The molecule has 0 unspecified atom stereocenters. The maximum absolute atomic E-state index is 13.5. The topological polar surface area (TPSA) is 83.9 Å². The molecule has 0 aliphatic carbocycles. The Bertz CT molecular complexity index is 1260. The molecule has 0 radical (unpaired) electrons. The Balaban J connectivity index is 1.57. The average molecular weight is 489 g/mol. The van der Waals surface area contributed by atoms with E-state index < -0.39 is 11.3 Å². The lowest BCUT2D eigenvalue weighted by Crippen LogP contribution is -2.50. The molecule has 1 saturated heterocycles. The molecule has 2 heterocycles. The third-order valence-electron chi connectivity index (χ3n) is 6.17. The van der Waals surface area contributed by atoms with Gasteiger partial charge in [0.15, 0.2) is 0 Å². The van der Waals surface area contributed by atoms with Gasteiger partial charge in [-0.15, -0.1) is 0 Å². The monoisotopic (exact) mass is 488 g/mol. The second-order valence-corrected chi connectivity index (χ2v) is 8.61. The van der Waals surface area contributed by atoms with Gasteiger partial charge in [0.25, 0.3) is 11.8 Å². The number of aromatic nitrogens is 1. The van der Waals surface area contributed by atoms with Crippen LogP contribution in [0, 0.1) is 0 Å². The fourth-order valence-corrected chi connectivity index (χ4v) is 4.40. The molecule has 188 valence electrons. The number of nitrogens with zero attached hydrogens (tertiary/aromatic N) is 3. The van der Waals surface area contributed by atoms with Crippen molar-refractivity contribution in [2.24, 2.45) is 0 Å². The van der Waals surface area contributed by atoms with Gasteiger partial charge >= 0.3 is 0 Å². The highest BCUT2D eigenvalue weighted by atomic mass is 16.5. The molecule has 8 heteroatoms. The fraction of sp³-hybridized carbons (Fsp3) is 0.321. The molecule has 0 atom stereocenters. The molecule has 0 bridgehead atoms. The van der Waals surface area contributed by atoms with Crippen molar-refractivity contribution in [3.8, 4) is 5.75 Å². The van der Waals surface area contributed by atoms with Crippen LogP contribution in [0.15, 0.2) is 71.8 Å². The number of hydrogen-bond acceptors (Lipinski definition) is 5. The molecular weight excluding hydrogens is 456 g/mol. The zero-order valence-corrected chi connectivity index (χ0v) is 20.8. The van der Waals surface area contributed by atoms with E-state index in [1.165, 1.54) is 6.20 Å². The number of anilines is 1. The molecule has 1 aliphatic heterocycles. The first-order valence-electron chi connectivity index (χ1n) is 12.3. The highest BCUT2D eigenvalue weighted by molar-refractivity contribution is 5.99. The number of piperazine rings is 1. The molecule has 1 fully saturated rings. The van der Waals surface area contributed by atoms with E-state index in [0.717, 1.165) is 17.0 Å². The first kappa shape index (κ1) is 25.0. The molecular formula is C28H32N4O4. The van der Waals surface area contributed by atoms with E-state index in [0.29, 0.717) is 45.9 Å². The van der Waals surface area contributed by atoms with E-state index in [-0.39, 0.29) is 17.0 Å². The molecule has 1 aliphatic rings. The molecule has 1 N–H and O–H groups in total. The van der Waals surface area contributed by atoms with Crippen LogP contribution in [0.1, 0.15) is 40.1 Å². The van der Waals surface area contributed by atoms with Crippen molar-refractivity contribution in [3.05, 3.63) is 93.9 Å². The molecule has 2 aromatic carbocycles. The Labute approximate surface area is 211 Å². The number of rotatable bonds is 8. The molecule has 0 saturated carbocycles. The summed E-state index contributed by atoms with van der Waals surface area (Å²) in [6, 6.07) is 17.6. The normalized spacial score (nSPS) is 13.4. The summed E-state index contributed by atoms with van der Waals surface area (Å²) in [5, 5.41) is 2.68. The van der Waals surface area contributed by atoms with Gasteiger partial charge < -0.3 is 24.4 Å². The van der Waals surface area contributed by atoms with Gasteiger partial charge in [0, 0.05) is 51.7 Å². The van der Waals surface area contributed by atoms with Crippen LogP contribution >= 0.6 is 0 Å². The van der Waals surface area contributed by atoms with Crippen molar-refractivity contribution in [2.75, 3.05) is 44.2 Å². The van der Waals surface area contributed by atoms with Crippen LogP contribution < -0.4 is 20.4 Å². The number of ether oxygens (including phenoxy) is 1. The third-order valence-corrected chi connectivity index (χ3v) is 6.17. The van der Waals surface area contributed by atoms with Crippen molar-refractivity contribution in [2.45, 2.75) is 20.4 Å². The van der Waals surface area contributed by atoms with Crippen LogP contribution in [0.2, 0.25) is 0 Å². The van der Waals surface area contributed by atoms with Gasteiger partial charge in [0.1, 0.15) is 16.9 Å². The quantitative estimate of drug-likeness (QED) is 0.527. The number of pyridine rings is 1. The minimum atomic E-state index is -0.542. The summed E-state index contributed by atoms with van der Waals surface area (Å²) < 4.78 is 7.50. The van der Waals surface area contributed by atoms with Crippen LogP contribution in [-0.4, -0.2) is 60.6 Å². The summed E-state index contributed by atoms with van der Waals surface area (Å²) in [5.41, 5.74) is 1.44. The zero-order valence-electron chi connectivity index (χ0n) is 20.8. The van der Waals surface area contributed by atoms with Gasteiger partial charge in [-0.05, 0) is 31.5 Å². The fourth-order valence-electron chi connectivity index (χ4n) is 4.40. The summed E-state index contributed by atoms with van der Waals surface area (Å²) in [4.78, 5) is 43.2. The van der Waals surface area contributed by atoms with Crippen LogP contribution in [0.25, 0.3) is 0 Å². The van der Waals surface area contributed by atoms with Gasteiger partial charge in [0.2, 0.25) is 5.43 Å². The lowest BCUT2D eigenvalue weighted by molar-refractivity contribution is 0.0744. The summed E-state index contributed by atoms with van der Waals surface area (Å²) in [7, 11) is 0. The van der Waals surface area contributed by atoms with E-state index in [2.05, 4.69) is 10.2 Å². The summed E-state index contributed by atoms with van der Waals surface area (Å²) in [6.07, 6.45) is 3.09. The third kappa shape index (κ3) is 5.59. The smallest absolute Gasteiger partial charge is 0.259 e. The maximum Gasteiger partial charge on any atom is 0.259 e. The van der Waals surface area contributed by atoms with Gasteiger partial charge in [-0.2, -0.15) is 0 Å². The molecule has 0 spiro atoms. The zero-order chi connectivity index (χ0) is 25.5. The van der Waals surface area contributed by atoms with E-state index in [1.54, 1.807) is 22.6 Å². The Morgan fingerprint density at radius 3 is 2.25 bits per heavy atom. The van der Waals surface area contributed by atoms with Crippen molar-refractivity contribution in [1.82, 2.24) is 14.8 Å².